The van der Waals surface area contributed by atoms with Crippen LogP contribution < -0.4 is 0 Å². The summed E-state index contributed by atoms with van der Waals surface area (Å²) in [6.45, 7) is 3.75. The molecule has 0 spiro atoms. The molecule has 1 rings (SSSR count). The molecule has 1 aromatic carbocycles. The van der Waals surface area contributed by atoms with E-state index in [0.717, 1.165) is 0 Å². The van der Waals surface area contributed by atoms with Gasteiger partial charge in [-0.05, 0) is 23.6 Å². The van der Waals surface area contributed by atoms with Gasteiger partial charge in [0.05, 0.1) is 15.7 Å². The molecule has 0 unspecified atom stereocenters. The summed E-state index contributed by atoms with van der Waals surface area (Å²) in [6.07, 6.45) is 0. The van der Waals surface area contributed by atoms with Crippen LogP contribution in [0.5, 0.6) is 0 Å². The van der Waals surface area contributed by atoms with E-state index in [0.29, 0.717) is 10.4 Å². The largest absolute Gasteiger partial charge is 0.224 e. The average molecular weight is 360 g/mol. The molecular formula is C11H13BrCl2O2S. The Morgan fingerprint density at radius 2 is 1.88 bits per heavy atom. The van der Waals surface area contributed by atoms with E-state index in [-0.39, 0.29) is 21.1 Å². The highest BCUT2D eigenvalue weighted by atomic mass is 79.9. The number of rotatable bonds is 4. The number of hydrogen-bond acceptors (Lipinski definition) is 2. The second kappa shape index (κ2) is 5.47. The van der Waals surface area contributed by atoms with Gasteiger partial charge >= 0.3 is 0 Å². The number of alkyl halides is 1. The van der Waals surface area contributed by atoms with Crippen molar-refractivity contribution in [3.63, 3.8) is 0 Å². The third kappa shape index (κ3) is 4.12. The van der Waals surface area contributed by atoms with Crippen molar-refractivity contribution >= 4 is 49.0 Å². The maximum atomic E-state index is 12.2. The van der Waals surface area contributed by atoms with Gasteiger partial charge in [0.15, 0.2) is 9.84 Å². The third-order valence-corrected chi connectivity index (χ3v) is 6.53. The van der Waals surface area contributed by atoms with Crippen LogP contribution in [0.15, 0.2) is 23.1 Å². The first-order chi connectivity index (χ1) is 7.68. The van der Waals surface area contributed by atoms with Crippen LogP contribution in [-0.2, 0) is 9.84 Å². The van der Waals surface area contributed by atoms with E-state index in [9.17, 15) is 8.42 Å². The van der Waals surface area contributed by atoms with E-state index >= 15 is 0 Å². The highest BCUT2D eigenvalue weighted by Gasteiger charge is 2.28. The Morgan fingerprint density at radius 3 is 2.41 bits per heavy atom. The quantitative estimate of drug-likeness (QED) is 0.755. The molecule has 1 aromatic rings. The van der Waals surface area contributed by atoms with E-state index in [1.165, 1.54) is 12.1 Å². The second-order valence-electron chi connectivity index (χ2n) is 4.63. The Balaban J connectivity index is 3.18. The van der Waals surface area contributed by atoms with Gasteiger partial charge in [-0.2, -0.15) is 0 Å². The highest BCUT2D eigenvalue weighted by molar-refractivity contribution is 9.09. The van der Waals surface area contributed by atoms with Crippen LogP contribution in [0, 0.1) is 5.41 Å². The molecule has 0 amide bonds. The van der Waals surface area contributed by atoms with Crippen molar-refractivity contribution < 1.29 is 8.42 Å². The van der Waals surface area contributed by atoms with Gasteiger partial charge in [-0.1, -0.05) is 53.0 Å². The summed E-state index contributed by atoms with van der Waals surface area (Å²) in [5.41, 5.74) is -0.357. The van der Waals surface area contributed by atoms with Gasteiger partial charge in [-0.25, -0.2) is 8.42 Å². The highest BCUT2D eigenvalue weighted by Crippen LogP contribution is 2.30. The van der Waals surface area contributed by atoms with E-state index in [4.69, 9.17) is 23.2 Å². The van der Waals surface area contributed by atoms with Crippen molar-refractivity contribution in [3.8, 4) is 0 Å². The molecule has 0 aliphatic heterocycles. The molecule has 0 saturated heterocycles. The summed E-state index contributed by atoms with van der Waals surface area (Å²) in [7, 11) is -3.43. The molecule has 0 bridgehead atoms. The van der Waals surface area contributed by atoms with Crippen LogP contribution >= 0.6 is 39.1 Å². The minimum atomic E-state index is -3.43. The topological polar surface area (TPSA) is 34.1 Å². The van der Waals surface area contributed by atoms with E-state index in [2.05, 4.69) is 15.9 Å². The van der Waals surface area contributed by atoms with Gasteiger partial charge in [0.2, 0.25) is 0 Å². The van der Waals surface area contributed by atoms with Crippen molar-refractivity contribution in [2.24, 2.45) is 5.41 Å². The van der Waals surface area contributed by atoms with E-state index < -0.39 is 9.84 Å². The van der Waals surface area contributed by atoms with Crippen molar-refractivity contribution in [1.29, 1.82) is 0 Å². The number of sulfone groups is 1. The van der Waals surface area contributed by atoms with Gasteiger partial charge in [-0.3, -0.25) is 0 Å². The second-order valence-corrected chi connectivity index (χ2v) is 7.99. The zero-order chi connectivity index (χ0) is 13.3. The predicted molar refractivity (Wildman–Crippen MR) is 76.1 cm³/mol. The molecule has 0 aromatic heterocycles. The smallest absolute Gasteiger partial charge is 0.180 e. The lowest BCUT2D eigenvalue weighted by atomic mass is 10.0. The lowest BCUT2D eigenvalue weighted by Crippen LogP contribution is -2.25. The Bertz CT molecular complexity index is 512. The van der Waals surface area contributed by atoms with Gasteiger partial charge in [-0.15, -0.1) is 0 Å². The van der Waals surface area contributed by atoms with Gasteiger partial charge in [0, 0.05) is 10.4 Å². The lowest BCUT2D eigenvalue weighted by Gasteiger charge is -2.21. The van der Waals surface area contributed by atoms with Crippen molar-refractivity contribution in [2.75, 3.05) is 11.1 Å². The molecule has 2 nitrogen and oxygen atoms in total. The molecule has 0 radical (unpaired) electrons. The van der Waals surface area contributed by atoms with Crippen LogP contribution in [0.3, 0.4) is 0 Å². The number of hydrogen-bond donors (Lipinski definition) is 0. The fourth-order valence-electron chi connectivity index (χ4n) is 1.35. The molecule has 6 heteroatoms. The number of halogens is 3. The molecule has 0 aliphatic carbocycles. The molecule has 96 valence electrons. The monoisotopic (exact) mass is 358 g/mol. The molecule has 0 N–H and O–H groups in total. The zero-order valence-corrected chi connectivity index (χ0v) is 13.4. The van der Waals surface area contributed by atoms with Crippen LogP contribution in [-0.4, -0.2) is 19.5 Å². The zero-order valence-electron chi connectivity index (χ0n) is 9.50. The van der Waals surface area contributed by atoms with Crippen molar-refractivity contribution in [3.05, 3.63) is 28.2 Å². The summed E-state index contributed by atoms with van der Waals surface area (Å²) in [5.74, 6) is 0.0192. The molecule has 0 heterocycles. The molecule has 0 aliphatic rings. The van der Waals surface area contributed by atoms with Crippen LogP contribution in [0.4, 0.5) is 0 Å². The summed E-state index contributed by atoms with van der Waals surface area (Å²) >= 11 is 15.0. The average Bonchev–Trinajstić information content (AvgIpc) is 2.20. The summed E-state index contributed by atoms with van der Waals surface area (Å²) in [6, 6.07) is 4.46. The maximum Gasteiger partial charge on any atom is 0.180 e. The van der Waals surface area contributed by atoms with Crippen molar-refractivity contribution in [1.82, 2.24) is 0 Å². The molecular weight excluding hydrogens is 347 g/mol. The predicted octanol–water partition coefficient (Wildman–Crippen LogP) is 4.19. The molecule has 0 atom stereocenters. The SMILES string of the molecule is CC(C)(CBr)CS(=O)(=O)c1cc(Cl)ccc1Cl. The first-order valence-corrected chi connectivity index (χ1v) is 8.45. The third-order valence-electron chi connectivity index (χ3n) is 2.17. The molecule has 0 saturated carbocycles. The van der Waals surface area contributed by atoms with Gasteiger partial charge in [0.25, 0.3) is 0 Å². The molecule has 17 heavy (non-hydrogen) atoms. The normalized spacial score (nSPS) is 12.8. The van der Waals surface area contributed by atoms with Crippen molar-refractivity contribution in [2.45, 2.75) is 18.7 Å². The minimum Gasteiger partial charge on any atom is -0.224 e. The fourth-order valence-corrected chi connectivity index (χ4v) is 4.47. The minimum absolute atomic E-state index is 0.0192. The summed E-state index contributed by atoms with van der Waals surface area (Å²) < 4.78 is 24.4. The lowest BCUT2D eigenvalue weighted by molar-refractivity contribution is 0.475. The fraction of sp³-hybridized carbons (Fsp3) is 0.455. The Morgan fingerprint density at radius 1 is 1.29 bits per heavy atom. The van der Waals surface area contributed by atoms with E-state index in [1.807, 2.05) is 13.8 Å². The van der Waals surface area contributed by atoms with Gasteiger partial charge in [0.1, 0.15) is 0 Å². The first kappa shape index (κ1) is 15.3. The Kier molecular flexibility index (Phi) is 4.92. The maximum absolute atomic E-state index is 12.2. The molecule has 0 fully saturated rings. The van der Waals surface area contributed by atoms with Crippen LogP contribution in [0.1, 0.15) is 13.8 Å². The van der Waals surface area contributed by atoms with E-state index in [1.54, 1.807) is 6.07 Å². The Labute approximate surface area is 120 Å². The van der Waals surface area contributed by atoms with Crippen LogP contribution in [0.25, 0.3) is 0 Å². The summed E-state index contributed by atoms with van der Waals surface area (Å²) in [4.78, 5) is 0.0979. The van der Waals surface area contributed by atoms with Crippen LogP contribution in [0.2, 0.25) is 10.0 Å². The first-order valence-electron chi connectivity index (χ1n) is 4.92. The number of benzene rings is 1. The standard InChI is InChI=1S/C11H13BrCl2O2S/c1-11(2,6-12)7-17(15,16)10-5-8(13)3-4-9(10)14/h3-5H,6-7H2,1-2H3. The Hall–Kier alpha value is 0.230. The summed E-state index contributed by atoms with van der Waals surface area (Å²) in [5, 5.41) is 1.17. The van der Waals surface area contributed by atoms with Gasteiger partial charge < -0.3 is 0 Å².